The van der Waals surface area contributed by atoms with Crippen LogP contribution in [0, 0.1) is 22.7 Å². The van der Waals surface area contributed by atoms with E-state index in [0.717, 1.165) is 6.42 Å². The summed E-state index contributed by atoms with van der Waals surface area (Å²) in [7, 11) is 0. The third-order valence-electron chi connectivity index (χ3n) is 7.57. The summed E-state index contributed by atoms with van der Waals surface area (Å²) in [6.45, 7) is 4.86. The van der Waals surface area contributed by atoms with Crippen LogP contribution in [0.3, 0.4) is 0 Å². The Morgan fingerprint density at radius 2 is 2.00 bits per heavy atom. The van der Waals surface area contributed by atoms with Gasteiger partial charge in [0.1, 0.15) is 0 Å². The average Bonchev–Trinajstić information content (AvgIpc) is 2.76. The zero-order chi connectivity index (χ0) is 14.8. The molecule has 0 aromatic rings. The fraction of sp³-hybridized carbons (Fsp3) is 0.789. The number of hydrogen-bond donors (Lipinski definition) is 2. The fourth-order valence-electron chi connectivity index (χ4n) is 6.07. The maximum atomic E-state index is 9.97. The standard InChI is InChI=1S/C19H29NO/c1-18-9-7-13(21)11-12(18)3-4-14-15-5-6-17(20)19(15,2)10-8-16(14)18/h7,9,12-13,16-17,21H,3-6,8,10-11,20H2,1-2H3/t12?,13-,16-,17-,18-,19-/m0/s1. The van der Waals surface area contributed by atoms with Gasteiger partial charge >= 0.3 is 0 Å². The number of rotatable bonds is 0. The number of fused-ring (bicyclic) bond motifs is 4. The van der Waals surface area contributed by atoms with Crippen LogP contribution in [-0.4, -0.2) is 17.3 Å². The van der Waals surface area contributed by atoms with E-state index in [4.69, 9.17) is 5.73 Å². The molecule has 21 heavy (non-hydrogen) atoms. The highest BCUT2D eigenvalue weighted by Crippen LogP contribution is 2.62. The van der Waals surface area contributed by atoms with Crippen LogP contribution in [0.2, 0.25) is 0 Å². The normalized spacial score (nSPS) is 52.4. The Bertz CT molecular complexity index is 522. The van der Waals surface area contributed by atoms with Crippen LogP contribution in [0.1, 0.15) is 58.8 Å². The first-order valence-corrected chi connectivity index (χ1v) is 8.80. The molecule has 0 saturated heterocycles. The first-order valence-electron chi connectivity index (χ1n) is 8.80. The van der Waals surface area contributed by atoms with Crippen molar-refractivity contribution in [1.82, 2.24) is 0 Å². The van der Waals surface area contributed by atoms with Crippen molar-refractivity contribution in [3.63, 3.8) is 0 Å². The molecule has 3 N–H and O–H groups in total. The van der Waals surface area contributed by atoms with Crippen molar-refractivity contribution in [2.24, 2.45) is 28.4 Å². The lowest BCUT2D eigenvalue weighted by Crippen LogP contribution is -2.47. The molecule has 6 atom stereocenters. The van der Waals surface area contributed by atoms with Crippen molar-refractivity contribution in [3.8, 4) is 0 Å². The van der Waals surface area contributed by atoms with E-state index in [-0.39, 0.29) is 16.9 Å². The Morgan fingerprint density at radius 1 is 1.19 bits per heavy atom. The minimum absolute atomic E-state index is 0.217. The van der Waals surface area contributed by atoms with Crippen LogP contribution >= 0.6 is 0 Å². The molecule has 4 aliphatic rings. The van der Waals surface area contributed by atoms with Gasteiger partial charge in [-0.2, -0.15) is 0 Å². The van der Waals surface area contributed by atoms with Crippen molar-refractivity contribution in [1.29, 1.82) is 0 Å². The molecule has 0 aromatic carbocycles. The third-order valence-corrected chi connectivity index (χ3v) is 7.57. The van der Waals surface area contributed by atoms with Gasteiger partial charge in [0.25, 0.3) is 0 Å². The second-order valence-electron chi connectivity index (χ2n) is 8.42. The first kappa shape index (κ1) is 14.0. The van der Waals surface area contributed by atoms with E-state index in [9.17, 15) is 5.11 Å². The molecule has 1 unspecified atom stereocenters. The Hall–Kier alpha value is -0.600. The highest BCUT2D eigenvalue weighted by atomic mass is 16.3. The van der Waals surface area contributed by atoms with Gasteiger partial charge in [0, 0.05) is 11.5 Å². The zero-order valence-corrected chi connectivity index (χ0v) is 13.4. The van der Waals surface area contributed by atoms with Crippen LogP contribution in [-0.2, 0) is 0 Å². The lowest BCUT2D eigenvalue weighted by Gasteiger charge is -2.54. The van der Waals surface area contributed by atoms with Crippen molar-refractivity contribution >= 4 is 0 Å². The minimum Gasteiger partial charge on any atom is -0.389 e. The summed E-state index contributed by atoms with van der Waals surface area (Å²) in [6.07, 6.45) is 12.6. The first-order chi connectivity index (χ1) is 9.95. The molecule has 0 heterocycles. The van der Waals surface area contributed by atoms with E-state index in [2.05, 4.69) is 26.0 Å². The third kappa shape index (κ3) is 1.78. The molecule has 0 aromatic heterocycles. The molecule has 2 nitrogen and oxygen atoms in total. The van der Waals surface area contributed by atoms with Crippen molar-refractivity contribution in [3.05, 3.63) is 23.3 Å². The maximum absolute atomic E-state index is 9.97. The summed E-state index contributed by atoms with van der Waals surface area (Å²) in [5.41, 5.74) is 10.5. The van der Waals surface area contributed by atoms with Gasteiger partial charge in [0.2, 0.25) is 0 Å². The highest BCUT2D eigenvalue weighted by Gasteiger charge is 2.53. The molecule has 0 aliphatic heterocycles. The Labute approximate surface area is 128 Å². The van der Waals surface area contributed by atoms with E-state index in [1.54, 1.807) is 11.1 Å². The number of nitrogens with two attached hydrogens (primary N) is 1. The van der Waals surface area contributed by atoms with Crippen LogP contribution in [0.5, 0.6) is 0 Å². The maximum Gasteiger partial charge on any atom is 0.0724 e. The smallest absolute Gasteiger partial charge is 0.0724 e. The summed E-state index contributed by atoms with van der Waals surface area (Å²) in [6, 6.07) is 0.371. The molecule has 4 aliphatic carbocycles. The van der Waals surface area contributed by atoms with Crippen LogP contribution in [0.4, 0.5) is 0 Å². The summed E-state index contributed by atoms with van der Waals surface area (Å²) < 4.78 is 0. The average molecular weight is 287 g/mol. The minimum atomic E-state index is -0.217. The number of allylic oxidation sites excluding steroid dienone is 2. The molecule has 0 spiro atoms. The summed E-state index contributed by atoms with van der Waals surface area (Å²) in [5.74, 6) is 1.36. The molecule has 0 bridgehead atoms. The predicted molar refractivity (Wildman–Crippen MR) is 85.7 cm³/mol. The SMILES string of the molecule is C[C@]12CC[C@H]3C(=C1CC[C@@H]2N)CCC1C[C@@H](O)C=C[C@@]13C. The van der Waals surface area contributed by atoms with Crippen LogP contribution in [0.25, 0.3) is 0 Å². The van der Waals surface area contributed by atoms with E-state index in [0.29, 0.717) is 17.9 Å². The number of hydrogen-bond acceptors (Lipinski definition) is 2. The fourth-order valence-corrected chi connectivity index (χ4v) is 6.07. The number of aliphatic hydroxyl groups is 1. The van der Waals surface area contributed by atoms with Crippen molar-refractivity contribution in [2.45, 2.75) is 70.9 Å². The number of aliphatic hydroxyl groups excluding tert-OH is 1. The van der Waals surface area contributed by atoms with Gasteiger partial charge in [-0.3, -0.25) is 0 Å². The molecular weight excluding hydrogens is 258 g/mol. The largest absolute Gasteiger partial charge is 0.389 e. The lowest BCUT2D eigenvalue weighted by atomic mass is 9.51. The monoisotopic (exact) mass is 287 g/mol. The topological polar surface area (TPSA) is 46.2 Å². The second kappa shape index (κ2) is 4.45. The Balaban J connectivity index is 1.78. The van der Waals surface area contributed by atoms with Crippen molar-refractivity contribution < 1.29 is 5.11 Å². The van der Waals surface area contributed by atoms with Crippen molar-refractivity contribution in [2.75, 3.05) is 0 Å². The van der Waals surface area contributed by atoms with Crippen LogP contribution in [0.15, 0.2) is 23.3 Å². The quantitative estimate of drug-likeness (QED) is 0.669. The highest BCUT2D eigenvalue weighted by molar-refractivity contribution is 5.37. The second-order valence-corrected chi connectivity index (χ2v) is 8.42. The van der Waals surface area contributed by atoms with Crippen LogP contribution < -0.4 is 5.73 Å². The van der Waals surface area contributed by atoms with Gasteiger partial charge in [-0.1, -0.05) is 37.1 Å². The van der Waals surface area contributed by atoms with Gasteiger partial charge in [-0.05, 0) is 62.2 Å². The molecule has 2 saturated carbocycles. The predicted octanol–water partition coefficient (Wildman–Crippen LogP) is 3.56. The zero-order valence-electron chi connectivity index (χ0n) is 13.4. The molecule has 0 radical (unpaired) electrons. The molecular formula is C19H29NO. The molecule has 4 rings (SSSR count). The van der Waals surface area contributed by atoms with E-state index in [1.807, 2.05) is 0 Å². The van der Waals surface area contributed by atoms with E-state index in [1.165, 1.54) is 38.5 Å². The van der Waals surface area contributed by atoms with Gasteiger partial charge in [0.15, 0.2) is 0 Å². The summed E-state index contributed by atoms with van der Waals surface area (Å²) in [5, 5.41) is 9.97. The Morgan fingerprint density at radius 3 is 2.81 bits per heavy atom. The summed E-state index contributed by atoms with van der Waals surface area (Å²) in [4.78, 5) is 0. The van der Waals surface area contributed by atoms with E-state index >= 15 is 0 Å². The molecule has 2 heteroatoms. The molecule has 2 fully saturated rings. The van der Waals surface area contributed by atoms with E-state index < -0.39 is 0 Å². The lowest BCUT2D eigenvalue weighted by molar-refractivity contribution is 0.0491. The summed E-state index contributed by atoms with van der Waals surface area (Å²) >= 11 is 0. The van der Waals surface area contributed by atoms with Gasteiger partial charge in [-0.15, -0.1) is 0 Å². The van der Waals surface area contributed by atoms with Gasteiger partial charge < -0.3 is 10.8 Å². The molecule has 0 amide bonds. The van der Waals surface area contributed by atoms with Gasteiger partial charge in [0.05, 0.1) is 6.10 Å². The van der Waals surface area contributed by atoms with Gasteiger partial charge in [-0.25, -0.2) is 0 Å². The molecule has 116 valence electrons. The Kier molecular flexibility index (Phi) is 2.97.